The number of carbonyl (C=O) groups excluding carboxylic acids is 10. The molecule has 10 amide bonds. The van der Waals surface area contributed by atoms with Crippen LogP contribution in [0.15, 0.2) is 4.99 Å². The highest BCUT2D eigenvalue weighted by Crippen LogP contribution is 2.20. The van der Waals surface area contributed by atoms with Crippen LogP contribution in [0.5, 0.6) is 0 Å². The van der Waals surface area contributed by atoms with E-state index in [1.807, 2.05) is 0 Å². The van der Waals surface area contributed by atoms with E-state index in [4.69, 9.17) is 28.7 Å². The van der Waals surface area contributed by atoms with Crippen LogP contribution < -0.4 is 65.9 Å². The van der Waals surface area contributed by atoms with Crippen molar-refractivity contribution in [2.45, 2.75) is 108 Å². The number of carbonyl (C=O) groups is 11. The van der Waals surface area contributed by atoms with Crippen molar-refractivity contribution in [3.8, 4) is 0 Å². The Morgan fingerprint density at radius 1 is 0.714 bits per heavy atom. The normalized spacial score (nSPS) is 16.6. The average Bonchev–Trinajstić information content (AvgIpc) is 3.69. The van der Waals surface area contributed by atoms with Crippen LogP contribution in [-0.4, -0.2) is 172 Å². The monoisotopic (exact) mass is 900 g/mol. The molecule has 1 rings (SSSR count). The van der Waals surface area contributed by atoms with Gasteiger partial charge in [0.2, 0.25) is 59.1 Å². The van der Waals surface area contributed by atoms with Gasteiger partial charge >= 0.3 is 5.97 Å². The molecule has 1 fully saturated rings. The van der Waals surface area contributed by atoms with E-state index in [-0.39, 0.29) is 44.7 Å². The fourth-order valence-electron chi connectivity index (χ4n) is 6.02. The maximum absolute atomic E-state index is 14.1. The van der Waals surface area contributed by atoms with Crippen molar-refractivity contribution < 1.29 is 68.1 Å². The molecule has 0 radical (unpaired) electrons. The number of carboxylic acids is 1. The number of likely N-dealkylation sites (tertiary alicyclic amines) is 1. The second-order valence-corrected chi connectivity index (χ2v) is 14.7. The first kappa shape index (κ1) is 54.3. The zero-order chi connectivity index (χ0) is 48.1. The van der Waals surface area contributed by atoms with Crippen LogP contribution in [0.25, 0.3) is 0 Å². The number of aliphatic imine (C=N–C) groups is 1. The molecule has 28 nitrogen and oxygen atoms in total. The van der Waals surface area contributed by atoms with E-state index < -0.39 is 152 Å². The Morgan fingerprint density at radius 2 is 1.29 bits per heavy atom. The van der Waals surface area contributed by atoms with Crippen LogP contribution in [0, 0.1) is 5.92 Å². The van der Waals surface area contributed by atoms with Gasteiger partial charge in [0.05, 0.1) is 38.6 Å². The smallest absolute Gasteiger partial charge is 0.326 e. The molecular formula is C35H60N14O14. The van der Waals surface area contributed by atoms with Crippen molar-refractivity contribution in [3.05, 3.63) is 0 Å². The maximum Gasteiger partial charge on any atom is 0.326 e. The van der Waals surface area contributed by atoms with E-state index in [9.17, 15) is 68.1 Å². The molecule has 0 aromatic rings. The number of rotatable bonds is 27. The molecule has 0 saturated carbocycles. The van der Waals surface area contributed by atoms with Gasteiger partial charge in [0.1, 0.15) is 42.3 Å². The van der Waals surface area contributed by atoms with Crippen LogP contribution in [0.2, 0.25) is 0 Å². The van der Waals surface area contributed by atoms with Crippen LogP contribution in [0.4, 0.5) is 0 Å². The zero-order valence-corrected chi connectivity index (χ0v) is 35.1. The molecule has 1 saturated heterocycles. The fraction of sp³-hybridized carbons (Fsp3) is 0.657. The first-order chi connectivity index (χ1) is 29.4. The summed E-state index contributed by atoms with van der Waals surface area (Å²) in [5.74, 6) is -12.3. The lowest BCUT2D eigenvalue weighted by Crippen LogP contribution is -2.62. The third kappa shape index (κ3) is 18.9. The quantitative estimate of drug-likeness (QED) is 0.0207. The van der Waals surface area contributed by atoms with Gasteiger partial charge in [-0.2, -0.15) is 0 Å². The van der Waals surface area contributed by atoms with Gasteiger partial charge in [0, 0.05) is 13.1 Å². The third-order valence-electron chi connectivity index (χ3n) is 9.23. The average molecular weight is 901 g/mol. The highest BCUT2D eigenvalue weighted by molar-refractivity contribution is 5.99. The second-order valence-electron chi connectivity index (χ2n) is 14.7. The van der Waals surface area contributed by atoms with E-state index in [0.717, 1.165) is 11.8 Å². The minimum atomic E-state index is -1.87. The van der Waals surface area contributed by atoms with Crippen LogP contribution >= 0.6 is 0 Å². The molecule has 0 unspecified atom stereocenters. The van der Waals surface area contributed by atoms with Gasteiger partial charge < -0.3 is 86.1 Å². The molecule has 354 valence electrons. The van der Waals surface area contributed by atoms with Crippen molar-refractivity contribution in [1.82, 2.24) is 42.1 Å². The number of primary amides is 2. The Kier molecular flexibility index (Phi) is 23.0. The molecule has 8 atom stereocenters. The summed E-state index contributed by atoms with van der Waals surface area (Å²) >= 11 is 0. The Labute approximate surface area is 361 Å². The summed E-state index contributed by atoms with van der Waals surface area (Å²) in [6.45, 7) is 1.88. The number of hydrogen-bond donors (Lipinski definition) is 15. The summed E-state index contributed by atoms with van der Waals surface area (Å²) in [6.07, 6.45) is -3.10. The van der Waals surface area contributed by atoms with Crippen molar-refractivity contribution in [2.75, 3.05) is 32.8 Å². The molecule has 1 aliphatic rings. The first-order valence-corrected chi connectivity index (χ1v) is 19.7. The lowest BCUT2D eigenvalue weighted by molar-refractivity contribution is -0.143. The molecule has 1 aliphatic heterocycles. The molecule has 0 aliphatic carbocycles. The van der Waals surface area contributed by atoms with E-state index >= 15 is 0 Å². The van der Waals surface area contributed by atoms with Gasteiger partial charge in [0.15, 0.2) is 5.96 Å². The number of nitrogens with zero attached hydrogens (tertiary/aromatic N) is 2. The van der Waals surface area contributed by atoms with Crippen LogP contribution in [0.1, 0.15) is 59.3 Å². The van der Waals surface area contributed by atoms with Gasteiger partial charge in [0.25, 0.3) is 0 Å². The van der Waals surface area contributed by atoms with Gasteiger partial charge in [-0.3, -0.25) is 52.9 Å². The molecule has 0 aromatic heterocycles. The number of nitrogens with two attached hydrogens (primary N) is 5. The number of hydrogen-bond acceptors (Lipinski definition) is 15. The van der Waals surface area contributed by atoms with Crippen molar-refractivity contribution >= 4 is 71.0 Å². The predicted octanol–water partition coefficient (Wildman–Crippen LogP) is -9.12. The third-order valence-corrected chi connectivity index (χ3v) is 9.23. The number of guanidine groups is 1. The number of carboxylic acid groups (broad SMARTS) is 1. The molecule has 0 bridgehead atoms. The topological polar surface area (TPSA) is 478 Å². The van der Waals surface area contributed by atoms with Crippen molar-refractivity contribution in [1.29, 1.82) is 0 Å². The summed E-state index contributed by atoms with van der Waals surface area (Å²) < 4.78 is 0. The van der Waals surface area contributed by atoms with E-state index in [1.54, 1.807) is 13.8 Å². The largest absolute Gasteiger partial charge is 0.480 e. The standard InChI is InChI=1S/C35H60N14O14/c1-15(2)26(34(62)63)47-25(55)13-42-28(56)20(14-50)46-31(59)21-7-5-9-49(21)33(61)17(6-4-8-41-35(39)40)44-29(57)19(11-23(38)53)45-32(60)27(16(3)51)48-30(58)18(10-22(37)52)43-24(54)12-36/h15-21,26-27,50-51H,4-14,36H2,1-3H3,(H2,37,52)(H2,38,53)(H,42,56)(H,43,54)(H,44,57)(H,45,60)(H,46,59)(H,47,55)(H,48,58)(H,62,63)(H4,39,40,41)/t16-,17+,18+,19+,20+,21+,26+,27+/m1/s1. The molecular weight excluding hydrogens is 840 g/mol. The summed E-state index contributed by atoms with van der Waals surface area (Å²) in [5, 5.41) is 45.2. The number of amides is 10. The van der Waals surface area contributed by atoms with Gasteiger partial charge in [-0.05, 0) is 38.5 Å². The molecule has 20 N–H and O–H groups in total. The summed E-state index contributed by atoms with van der Waals surface area (Å²) in [4.78, 5) is 145. The number of nitrogens with one attached hydrogen (secondary N) is 7. The zero-order valence-electron chi connectivity index (χ0n) is 35.1. The SMILES string of the molecule is CC(C)[C@H](NC(=O)CNC(=O)[C@H](CO)NC(=O)[C@@H]1CCCN1C(=O)[C@H](CCCN=C(N)N)NC(=O)[C@H](CC(N)=O)NC(=O)[C@@H](NC(=O)[C@H](CC(N)=O)NC(=O)CN)[C@@H](C)O)C(=O)O. The Morgan fingerprint density at radius 3 is 1.79 bits per heavy atom. The predicted molar refractivity (Wildman–Crippen MR) is 217 cm³/mol. The van der Waals surface area contributed by atoms with Gasteiger partial charge in [-0.25, -0.2) is 4.79 Å². The second kappa shape index (κ2) is 26.6. The van der Waals surface area contributed by atoms with Gasteiger partial charge in [-0.15, -0.1) is 0 Å². The van der Waals surface area contributed by atoms with E-state index in [2.05, 4.69) is 42.2 Å². The lowest BCUT2D eigenvalue weighted by Gasteiger charge is -2.31. The summed E-state index contributed by atoms with van der Waals surface area (Å²) in [6, 6.07) is -11.0. The number of aliphatic hydroxyl groups is 2. The summed E-state index contributed by atoms with van der Waals surface area (Å²) in [7, 11) is 0. The summed E-state index contributed by atoms with van der Waals surface area (Å²) in [5.41, 5.74) is 26.6. The molecule has 63 heavy (non-hydrogen) atoms. The van der Waals surface area contributed by atoms with Crippen molar-refractivity contribution in [2.24, 2.45) is 39.6 Å². The highest BCUT2D eigenvalue weighted by atomic mass is 16.4. The number of aliphatic hydroxyl groups excluding tert-OH is 2. The van der Waals surface area contributed by atoms with Crippen molar-refractivity contribution in [3.63, 3.8) is 0 Å². The minimum Gasteiger partial charge on any atom is -0.480 e. The number of aliphatic carboxylic acids is 1. The van der Waals surface area contributed by atoms with E-state index in [0.29, 0.717) is 0 Å². The fourth-order valence-corrected chi connectivity index (χ4v) is 6.02. The van der Waals surface area contributed by atoms with E-state index in [1.165, 1.54) is 0 Å². The lowest BCUT2D eigenvalue weighted by atomic mass is 10.0. The highest BCUT2D eigenvalue weighted by Gasteiger charge is 2.40. The molecule has 1 heterocycles. The first-order valence-electron chi connectivity index (χ1n) is 19.7. The van der Waals surface area contributed by atoms with Crippen LogP contribution in [-0.2, 0) is 52.7 Å². The minimum absolute atomic E-state index is 0.0341. The Bertz CT molecular complexity index is 1720. The molecule has 28 heteroatoms. The molecule has 0 spiro atoms. The maximum atomic E-state index is 14.1. The molecule has 0 aromatic carbocycles. The Balaban J connectivity index is 3.29. The van der Waals surface area contributed by atoms with Crippen LogP contribution in [0.3, 0.4) is 0 Å². The van der Waals surface area contributed by atoms with Gasteiger partial charge in [-0.1, -0.05) is 13.8 Å². The Hall–Kier alpha value is -6.68.